The summed E-state index contributed by atoms with van der Waals surface area (Å²) in [7, 11) is -4.89. The van der Waals surface area contributed by atoms with E-state index >= 15 is 0 Å². The van der Waals surface area contributed by atoms with Crippen molar-refractivity contribution in [3.05, 3.63) is 0 Å². The molecule has 0 atom stereocenters. The van der Waals surface area contributed by atoms with Crippen molar-refractivity contribution in [1.29, 1.82) is 0 Å². The molecule has 0 bridgehead atoms. The minimum atomic E-state index is -4.89. The van der Waals surface area contributed by atoms with E-state index in [-0.39, 0.29) is 67.7 Å². The van der Waals surface area contributed by atoms with E-state index in [1.165, 1.54) is 0 Å². The van der Waals surface area contributed by atoms with E-state index in [1.54, 1.807) is 0 Å². The van der Waals surface area contributed by atoms with Crippen LogP contribution in [0.25, 0.3) is 0 Å². The molecule has 0 aliphatic carbocycles. The summed E-state index contributed by atoms with van der Waals surface area (Å²) in [5.41, 5.74) is 0. The summed E-state index contributed by atoms with van der Waals surface area (Å²) in [6, 6.07) is 0. The maximum Gasteiger partial charge on any atom is 2.00 e. The molecule has 0 aliphatic heterocycles. The van der Waals surface area contributed by atoms with Crippen molar-refractivity contribution >= 4 is 62.9 Å². The largest absolute Gasteiger partial charge is 2.00 e. The third-order valence-electron chi connectivity index (χ3n) is 0. The van der Waals surface area contributed by atoms with E-state index in [0.717, 1.165) is 0 Å². The molecule has 56 valence electrons. The molecular formula is CH2BaLiO7P. The van der Waals surface area contributed by atoms with Crippen molar-refractivity contribution in [3.63, 3.8) is 0 Å². The van der Waals surface area contributed by atoms with Crippen molar-refractivity contribution in [2.75, 3.05) is 0 Å². The van der Waals surface area contributed by atoms with Crippen LogP contribution in [-0.4, -0.2) is 64.8 Å². The number of carboxylic acid groups (broad SMARTS) is 2. The van der Waals surface area contributed by atoms with Gasteiger partial charge in [0.2, 0.25) is 0 Å². The zero-order chi connectivity index (χ0) is 8.08. The fourth-order valence-electron chi connectivity index (χ4n) is 0. The second kappa shape index (κ2) is 11.5. The molecule has 0 saturated heterocycles. The first-order valence-corrected chi connectivity index (χ1v) is 2.91. The zero-order valence-corrected chi connectivity index (χ0v) is 10.9. The Morgan fingerprint density at radius 3 is 1.27 bits per heavy atom. The normalized spacial score (nSPS) is 7.55. The molecule has 0 amide bonds. The van der Waals surface area contributed by atoms with Gasteiger partial charge in [-0.15, -0.1) is 0 Å². The number of phosphoric acid groups is 1. The minimum absolute atomic E-state index is 0. The van der Waals surface area contributed by atoms with E-state index in [0.29, 0.717) is 0 Å². The van der Waals surface area contributed by atoms with Crippen LogP contribution in [0.5, 0.6) is 0 Å². The van der Waals surface area contributed by atoms with Crippen LogP contribution in [-0.2, 0) is 4.57 Å². The minimum Gasteiger partial charge on any atom is -0.756 e. The summed E-state index contributed by atoms with van der Waals surface area (Å²) in [4.78, 5) is 31.3. The van der Waals surface area contributed by atoms with Crippen LogP contribution in [0.1, 0.15) is 0 Å². The van der Waals surface area contributed by atoms with E-state index < -0.39 is 14.0 Å². The van der Waals surface area contributed by atoms with Crippen molar-refractivity contribution < 1.29 is 53.1 Å². The first kappa shape index (κ1) is 22.9. The van der Waals surface area contributed by atoms with Gasteiger partial charge in [-0.05, 0) is 6.16 Å². The van der Waals surface area contributed by atoms with Crippen LogP contribution < -0.4 is 34.0 Å². The van der Waals surface area contributed by atoms with Gasteiger partial charge in [0, 0.05) is 0 Å². The summed E-state index contributed by atoms with van der Waals surface area (Å²) in [5.74, 6) is 0. The molecule has 0 aromatic carbocycles. The summed E-state index contributed by atoms with van der Waals surface area (Å²) >= 11 is 0. The molecule has 0 aromatic heterocycles. The van der Waals surface area contributed by atoms with Crippen LogP contribution in [0.2, 0.25) is 0 Å². The van der Waals surface area contributed by atoms with Crippen LogP contribution in [0.15, 0.2) is 0 Å². The molecular weight excluding hydrogens is 299 g/mol. The Labute approximate surface area is 114 Å². The van der Waals surface area contributed by atoms with E-state index in [1.807, 2.05) is 0 Å². The number of hydrogen-bond donors (Lipinski definition) is 2. The molecule has 10 heteroatoms. The Hall–Kier alpha value is 1.55. The van der Waals surface area contributed by atoms with E-state index in [4.69, 9.17) is 34.3 Å². The standard InChI is InChI=1S/CH2O3.Ba.Li.H3O4P/c2-1(3)4;;;1-5(2,3)4/h(H2,2,3,4);;;(H3,1,2,3,4)/q;+2;+1;/p-3. The molecule has 0 radical (unpaired) electrons. The number of rotatable bonds is 0. The fraction of sp³-hybridized carbons (Fsp3) is 0. The molecule has 11 heavy (non-hydrogen) atoms. The summed E-state index contributed by atoms with van der Waals surface area (Å²) in [6.07, 6.45) is -2.33. The maximum absolute atomic E-state index is 8.77. The Kier molecular flexibility index (Phi) is 24.0. The monoisotopic (exact) mass is 302 g/mol. The van der Waals surface area contributed by atoms with Gasteiger partial charge in [-0.3, -0.25) is 4.57 Å². The maximum atomic E-state index is 8.77. The molecule has 0 fully saturated rings. The van der Waals surface area contributed by atoms with Gasteiger partial charge in [0.25, 0.3) is 7.82 Å². The quantitative estimate of drug-likeness (QED) is 0.334. The van der Waals surface area contributed by atoms with Gasteiger partial charge < -0.3 is 29.7 Å². The van der Waals surface area contributed by atoms with Gasteiger partial charge in [-0.25, -0.2) is 0 Å². The molecule has 0 spiro atoms. The van der Waals surface area contributed by atoms with E-state index in [2.05, 4.69) is 0 Å². The number of carbonyl (C=O) groups is 1. The van der Waals surface area contributed by atoms with Gasteiger partial charge in [0.15, 0.2) is 0 Å². The smallest absolute Gasteiger partial charge is 0.756 e. The van der Waals surface area contributed by atoms with Crippen LogP contribution in [0.4, 0.5) is 4.79 Å². The molecule has 7 nitrogen and oxygen atoms in total. The Balaban J connectivity index is -0.0000000383. The number of hydrogen-bond acceptors (Lipinski definition) is 5. The molecule has 0 unspecified atom stereocenters. The van der Waals surface area contributed by atoms with Crippen molar-refractivity contribution in [2.45, 2.75) is 0 Å². The molecule has 0 aromatic rings. The second-order valence-electron chi connectivity index (χ2n) is 0.741. The van der Waals surface area contributed by atoms with Gasteiger partial charge >= 0.3 is 67.7 Å². The zero-order valence-electron chi connectivity index (χ0n) is 5.59. The average Bonchev–Trinajstić information content (AvgIpc) is 1.19. The predicted octanol–water partition coefficient (Wildman–Crippen LogP) is -7.38. The van der Waals surface area contributed by atoms with Gasteiger partial charge in [0.1, 0.15) is 0 Å². The summed E-state index contributed by atoms with van der Waals surface area (Å²) in [6.45, 7) is 0. The molecule has 0 rings (SSSR count). The first-order chi connectivity index (χ1) is 3.73. The van der Waals surface area contributed by atoms with Gasteiger partial charge in [-0.2, -0.15) is 0 Å². The van der Waals surface area contributed by atoms with Crippen LogP contribution in [0, 0.1) is 0 Å². The summed E-state index contributed by atoms with van der Waals surface area (Å²) in [5, 5.41) is 16.7. The molecule has 0 heterocycles. The third kappa shape index (κ3) is 439. The second-order valence-corrected chi connectivity index (χ2v) is 1.72. The van der Waals surface area contributed by atoms with Gasteiger partial charge in [0.05, 0.1) is 0 Å². The van der Waals surface area contributed by atoms with Crippen LogP contribution >= 0.6 is 7.82 Å². The van der Waals surface area contributed by atoms with E-state index in [9.17, 15) is 0 Å². The van der Waals surface area contributed by atoms with Crippen molar-refractivity contribution in [1.82, 2.24) is 0 Å². The molecule has 2 N–H and O–H groups in total. The number of carbonyl (C=O) groups excluding carboxylic acids is 1. The Morgan fingerprint density at radius 2 is 1.27 bits per heavy atom. The average molecular weight is 301 g/mol. The van der Waals surface area contributed by atoms with Crippen LogP contribution in [0.3, 0.4) is 0 Å². The first-order valence-electron chi connectivity index (χ1n) is 1.38. The van der Waals surface area contributed by atoms with Crippen molar-refractivity contribution in [2.24, 2.45) is 0 Å². The third-order valence-corrected chi connectivity index (χ3v) is 0. The molecule has 0 aliphatic rings. The topological polar surface area (TPSA) is 144 Å². The fourth-order valence-corrected chi connectivity index (χ4v) is 0. The Morgan fingerprint density at radius 1 is 1.27 bits per heavy atom. The van der Waals surface area contributed by atoms with Crippen molar-refractivity contribution in [3.8, 4) is 0 Å². The van der Waals surface area contributed by atoms with Gasteiger partial charge in [-0.1, -0.05) is 0 Å². The Bertz CT molecular complexity index is 118. The SMILES string of the molecule is O=C([O-])[O-].O=P([O-])(O)O.[Ba+2].[Li+]. The molecule has 0 saturated carbocycles. The summed E-state index contributed by atoms with van der Waals surface area (Å²) < 4.78 is 8.77. The predicted molar refractivity (Wildman–Crippen MR) is 23.2 cm³/mol.